The zero-order valence-electron chi connectivity index (χ0n) is 7.21. The summed E-state index contributed by atoms with van der Waals surface area (Å²) in [5.74, 6) is -0.987. The first-order valence-corrected chi connectivity index (χ1v) is 3.72. The van der Waals surface area contributed by atoms with Gasteiger partial charge in [-0.3, -0.25) is 0 Å². The van der Waals surface area contributed by atoms with Crippen LogP contribution < -0.4 is 0 Å². The van der Waals surface area contributed by atoms with Gasteiger partial charge in [0, 0.05) is 7.05 Å². The van der Waals surface area contributed by atoms with E-state index < -0.39 is 5.97 Å². The molecule has 0 fully saturated rings. The van der Waals surface area contributed by atoms with Crippen LogP contribution in [0.2, 0.25) is 0 Å². The normalized spacial score (nSPS) is 10.4. The van der Waals surface area contributed by atoms with E-state index in [0.29, 0.717) is 5.69 Å². The van der Waals surface area contributed by atoms with Crippen molar-refractivity contribution in [1.29, 1.82) is 0 Å². The second-order valence-electron chi connectivity index (χ2n) is 2.56. The van der Waals surface area contributed by atoms with E-state index in [1.54, 1.807) is 7.05 Å². The molecule has 2 rings (SSSR count). The Morgan fingerprint density at radius 2 is 2.43 bits per heavy atom. The largest absolute Gasteiger partial charge is 0.476 e. The molecular weight excluding hydrogens is 188 g/mol. The number of carbonyl (C=O) groups is 1. The molecule has 0 radical (unpaired) electrons. The lowest BCUT2D eigenvalue weighted by molar-refractivity contribution is 0.0690. The van der Waals surface area contributed by atoms with E-state index in [4.69, 9.17) is 9.52 Å². The maximum Gasteiger partial charge on any atom is 0.357 e. The molecular formula is C7H6N4O3. The van der Waals surface area contributed by atoms with Crippen LogP contribution in [0, 0.1) is 0 Å². The molecule has 2 heterocycles. The van der Waals surface area contributed by atoms with Gasteiger partial charge in [0.05, 0.1) is 6.20 Å². The van der Waals surface area contributed by atoms with Crippen molar-refractivity contribution < 1.29 is 14.3 Å². The third kappa shape index (κ3) is 1.35. The lowest BCUT2D eigenvalue weighted by atomic mass is 10.5. The zero-order chi connectivity index (χ0) is 10.1. The van der Waals surface area contributed by atoms with Crippen molar-refractivity contribution in [2.75, 3.05) is 0 Å². The van der Waals surface area contributed by atoms with Crippen molar-refractivity contribution in [3.63, 3.8) is 0 Å². The number of hydrogen-bond donors (Lipinski definition) is 1. The van der Waals surface area contributed by atoms with Crippen LogP contribution in [0.15, 0.2) is 16.9 Å². The minimum atomic E-state index is -1.14. The molecule has 0 unspecified atom stereocenters. The van der Waals surface area contributed by atoms with Crippen molar-refractivity contribution in [1.82, 2.24) is 20.0 Å². The summed E-state index contributed by atoms with van der Waals surface area (Å²) < 4.78 is 4.92. The summed E-state index contributed by atoms with van der Waals surface area (Å²) in [5.41, 5.74) is 0.255. The van der Waals surface area contributed by atoms with Gasteiger partial charge in [0.1, 0.15) is 6.26 Å². The van der Waals surface area contributed by atoms with Gasteiger partial charge in [0.25, 0.3) is 0 Å². The summed E-state index contributed by atoms with van der Waals surface area (Å²) in [6.07, 6.45) is 2.50. The van der Waals surface area contributed by atoms with Gasteiger partial charge < -0.3 is 9.52 Å². The second kappa shape index (κ2) is 2.95. The van der Waals surface area contributed by atoms with Gasteiger partial charge in [-0.15, -0.1) is 5.10 Å². The Kier molecular flexibility index (Phi) is 1.77. The van der Waals surface area contributed by atoms with Gasteiger partial charge >= 0.3 is 5.97 Å². The smallest absolute Gasteiger partial charge is 0.357 e. The molecule has 1 N–H and O–H groups in total. The van der Waals surface area contributed by atoms with Crippen molar-refractivity contribution in [3.05, 3.63) is 18.2 Å². The monoisotopic (exact) mass is 194 g/mol. The molecule has 2 aromatic heterocycles. The average molecular weight is 194 g/mol. The molecule has 0 aromatic carbocycles. The Morgan fingerprint density at radius 3 is 2.93 bits per heavy atom. The number of rotatable bonds is 2. The van der Waals surface area contributed by atoms with Crippen LogP contribution in [0.3, 0.4) is 0 Å². The van der Waals surface area contributed by atoms with Crippen LogP contribution in [0.4, 0.5) is 0 Å². The number of carboxylic acids is 1. The van der Waals surface area contributed by atoms with Crippen LogP contribution in [-0.4, -0.2) is 31.1 Å². The van der Waals surface area contributed by atoms with Crippen LogP contribution in [0.25, 0.3) is 11.6 Å². The van der Waals surface area contributed by atoms with E-state index in [9.17, 15) is 4.79 Å². The van der Waals surface area contributed by atoms with Crippen molar-refractivity contribution >= 4 is 5.97 Å². The first-order chi connectivity index (χ1) is 6.66. The molecule has 0 atom stereocenters. The number of aromatic nitrogens is 4. The Morgan fingerprint density at radius 1 is 1.64 bits per heavy atom. The molecule has 0 amide bonds. The average Bonchev–Trinajstić information content (AvgIpc) is 2.70. The Hall–Kier alpha value is -2.18. The van der Waals surface area contributed by atoms with E-state index in [0.717, 1.165) is 6.26 Å². The van der Waals surface area contributed by atoms with E-state index in [-0.39, 0.29) is 11.6 Å². The van der Waals surface area contributed by atoms with Crippen molar-refractivity contribution in [3.8, 4) is 11.6 Å². The minimum absolute atomic E-state index is 0.148. The maximum atomic E-state index is 10.5. The Balaban J connectivity index is 2.38. The van der Waals surface area contributed by atoms with Crippen LogP contribution in [0.1, 0.15) is 10.5 Å². The van der Waals surface area contributed by atoms with Gasteiger partial charge in [0.2, 0.25) is 5.89 Å². The lowest BCUT2D eigenvalue weighted by Gasteiger charge is -1.84. The summed E-state index contributed by atoms with van der Waals surface area (Å²) in [7, 11) is 1.64. The number of aromatic carboxylic acids is 1. The van der Waals surface area contributed by atoms with Crippen molar-refractivity contribution in [2.45, 2.75) is 0 Å². The first-order valence-electron chi connectivity index (χ1n) is 3.72. The number of carboxylic acid groups (broad SMARTS) is 1. The van der Waals surface area contributed by atoms with Crippen LogP contribution in [-0.2, 0) is 7.05 Å². The molecule has 72 valence electrons. The van der Waals surface area contributed by atoms with Crippen LogP contribution in [0.5, 0.6) is 0 Å². The molecule has 14 heavy (non-hydrogen) atoms. The molecule has 2 aromatic rings. The highest BCUT2D eigenvalue weighted by molar-refractivity contribution is 5.85. The van der Waals surface area contributed by atoms with Gasteiger partial charge in [0.15, 0.2) is 11.4 Å². The van der Waals surface area contributed by atoms with E-state index >= 15 is 0 Å². The fraction of sp³-hybridized carbons (Fsp3) is 0.143. The number of oxazole rings is 1. The van der Waals surface area contributed by atoms with Crippen LogP contribution >= 0.6 is 0 Å². The highest BCUT2D eigenvalue weighted by Gasteiger charge is 2.13. The summed E-state index contributed by atoms with van der Waals surface area (Å²) in [5, 5.41) is 16.3. The molecule has 0 spiro atoms. The SMILES string of the molecule is Cn1ncc(-c2nc(C(=O)O)co2)n1. The molecule has 0 aliphatic heterocycles. The van der Waals surface area contributed by atoms with E-state index in [1.807, 2.05) is 0 Å². The number of nitrogens with zero attached hydrogens (tertiary/aromatic N) is 4. The predicted molar refractivity (Wildman–Crippen MR) is 43.5 cm³/mol. The van der Waals surface area contributed by atoms with Crippen molar-refractivity contribution in [2.24, 2.45) is 7.05 Å². The summed E-state index contributed by atoms with van der Waals surface area (Å²) in [6, 6.07) is 0. The molecule has 7 nitrogen and oxygen atoms in total. The summed E-state index contributed by atoms with van der Waals surface area (Å²) in [6.45, 7) is 0. The summed E-state index contributed by atoms with van der Waals surface area (Å²) in [4.78, 5) is 15.5. The van der Waals surface area contributed by atoms with E-state index in [2.05, 4.69) is 15.2 Å². The fourth-order valence-electron chi connectivity index (χ4n) is 0.933. The fourth-order valence-corrected chi connectivity index (χ4v) is 0.933. The van der Waals surface area contributed by atoms with Gasteiger partial charge in [-0.1, -0.05) is 0 Å². The minimum Gasteiger partial charge on any atom is -0.476 e. The summed E-state index contributed by atoms with van der Waals surface area (Å²) >= 11 is 0. The number of hydrogen-bond acceptors (Lipinski definition) is 5. The third-order valence-corrected chi connectivity index (χ3v) is 1.54. The molecule has 0 bridgehead atoms. The molecule has 0 saturated carbocycles. The van der Waals surface area contributed by atoms with E-state index in [1.165, 1.54) is 11.0 Å². The topological polar surface area (TPSA) is 94.0 Å². The number of aryl methyl sites for hydroxylation is 1. The molecule has 0 aliphatic rings. The highest BCUT2D eigenvalue weighted by Crippen LogP contribution is 2.14. The maximum absolute atomic E-state index is 10.5. The lowest BCUT2D eigenvalue weighted by Crippen LogP contribution is -1.96. The quantitative estimate of drug-likeness (QED) is 0.732. The second-order valence-corrected chi connectivity index (χ2v) is 2.56. The third-order valence-electron chi connectivity index (χ3n) is 1.54. The standard InChI is InChI=1S/C7H6N4O3/c1-11-8-2-4(10-11)6-9-5(3-14-6)7(12)13/h2-3H,1H3,(H,12,13). The van der Waals surface area contributed by atoms with Gasteiger partial charge in [-0.05, 0) is 0 Å². The molecule has 0 saturated heterocycles. The Labute approximate surface area is 78.0 Å². The Bertz CT molecular complexity index is 473. The first kappa shape index (κ1) is 8.42. The highest BCUT2D eigenvalue weighted by atomic mass is 16.4. The zero-order valence-corrected chi connectivity index (χ0v) is 7.21. The van der Waals surface area contributed by atoms with Gasteiger partial charge in [-0.2, -0.15) is 9.90 Å². The molecule has 7 heteroatoms. The predicted octanol–water partition coefficient (Wildman–Crippen LogP) is 0.168. The molecule has 0 aliphatic carbocycles. The van der Waals surface area contributed by atoms with Gasteiger partial charge in [-0.25, -0.2) is 9.78 Å².